The summed E-state index contributed by atoms with van der Waals surface area (Å²) >= 11 is 0. The summed E-state index contributed by atoms with van der Waals surface area (Å²) in [4.78, 5) is 2.19. The molecule has 1 N–H and O–H groups in total. The fourth-order valence-electron chi connectivity index (χ4n) is 2.59. The third-order valence-corrected chi connectivity index (χ3v) is 3.68. The quantitative estimate of drug-likeness (QED) is 0.887. The Morgan fingerprint density at radius 3 is 2.75 bits per heavy atom. The molecular weight excluding hydrogens is 254 g/mol. The van der Waals surface area contributed by atoms with E-state index in [9.17, 15) is 5.11 Å². The van der Waals surface area contributed by atoms with Crippen molar-refractivity contribution in [2.24, 2.45) is 0 Å². The summed E-state index contributed by atoms with van der Waals surface area (Å²) < 4.78 is 1.82. The zero-order valence-corrected chi connectivity index (χ0v) is 11.6. The van der Waals surface area contributed by atoms with Crippen molar-refractivity contribution < 1.29 is 5.11 Å². The molecule has 1 saturated heterocycles. The standard InChI is InChI=1S/C14H19N5O/c1-14(20)7-8-18(11-14)10-13-15-16-17-19(13)9-12-5-3-2-4-6-12/h2-6,20H,7-11H2,1H3. The molecule has 2 heterocycles. The minimum Gasteiger partial charge on any atom is -0.389 e. The molecule has 20 heavy (non-hydrogen) atoms. The number of benzene rings is 1. The highest BCUT2D eigenvalue weighted by Crippen LogP contribution is 2.21. The topological polar surface area (TPSA) is 67.1 Å². The molecule has 106 valence electrons. The number of tetrazole rings is 1. The molecule has 1 aromatic heterocycles. The van der Waals surface area contributed by atoms with Crippen molar-refractivity contribution in [2.75, 3.05) is 13.1 Å². The smallest absolute Gasteiger partial charge is 0.165 e. The Bertz CT molecular complexity index is 566. The van der Waals surface area contributed by atoms with Crippen molar-refractivity contribution in [2.45, 2.75) is 32.0 Å². The van der Waals surface area contributed by atoms with Crippen LogP contribution in [0.5, 0.6) is 0 Å². The summed E-state index contributed by atoms with van der Waals surface area (Å²) in [7, 11) is 0. The average Bonchev–Trinajstić information content (AvgIpc) is 2.98. The number of aliphatic hydroxyl groups is 1. The van der Waals surface area contributed by atoms with Gasteiger partial charge in [0.25, 0.3) is 0 Å². The molecule has 3 rings (SSSR count). The van der Waals surface area contributed by atoms with Gasteiger partial charge in [0, 0.05) is 13.1 Å². The summed E-state index contributed by atoms with van der Waals surface area (Å²) in [6.07, 6.45) is 0.799. The molecule has 0 aliphatic carbocycles. The van der Waals surface area contributed by atoms with Crippen LogP contribution in [0.4, 0.5) is 0 Å². The Kier molecular flexibility index (Phi) is 3.50. The summed E-state index contributed by atoms with van der Waals surface area (Å²) in [5, 5.41) is 21.9. The zero-order chi connectivity index (χ0) is 14.0. The van der Waals surface area contributed by atoms with Crippen molar-refractivity contribution in [3.05, 3.63) is 41.7 Å². The van der Waals surface area contributed by atoms with Gasteiger partial charge in [-0.05, 0) is 29.3 Å². The van der Waals surface area contributed by atoms with Gasteiger partial charge in [-0.2, -0.15) is 0 Å². The van der Waals surface area contributed by atoms with E-state index in [0.717, 1.165) is 18.8 Å². The first-order chi connectivity index (χ1) is 9.62. The molecule has 6 heteroatoms. The van der Waals surface area contributed by atoms with E-state index in [4.69, 9.17) is 0 Å². The second-order valence-corrected chi connectivity index (χ2v) is 5.70. The Hall–Kier alpha value is -1.79. The summed E-state index contributed by atoms with van der Waals surface area (Å²) in [6.45, 7) is 4.78. The Labute approximate surface area is 118 Å². The first-order valence-corrected chi connectivity index (χ1v) is 6.86. The lowest BCUT2D eigenvalue weighted by atomic mass is 10.1. The highest BCUT2D eigenvalue weighted by molar-refractivity contribution is 5.14. The Balaban J connectivity index is 1.68. The molecule has 0 amide bonds. The van der Waals surface area contributed by atoms with Gasteiger partial charge in [-0.15, -0.1) is 5.10 Å². The predicted molar refractivity (Wildman–Crippen MR) is 73.9 cm³/mol. The molecule has 1 aliphatic rings. The minimum absolute atomic E-state index is 0.586. The molecule has 1 fully saturated rings. The van der Waals surface area contributed by atoms with Crippen LogP contribution >= 0.6 is 0 Å². The number of rotatable bonds is 4. The van der Waals surface area contributed by atoms with Crippen molar-refractivity contribution >= 4 is 0 Å². The Morgan fingerprint density at radius 1 is 1.25 bits per heavy atom. The third-order valence-electron chi connectivity index (χ3n) is 3.68. The van der Waals surface area contributed by atoms with E-state index in [1.165, 1.54) is 5.56 Å². The molecule has 6 nitrogen and oxygen atoms in total. The minimum atomic E-state index is -0.586. The molecule has 1 aromatic carbocycles. The predicted octanol–water partition coefficient (Wildman–Crippen LogP) is 0.678. The Morgan fingerprint density at radius 2 is 2.05 bits per heavy atom. The van der Waals surface area contributed by atoms with Crippen LogP contribution in [0.3, 0.4) is 0 Å². The van der Waals surface area contributed by atoms with E-state index in [0.29, 0.717) is 19.6 Å². The van der Waals surface area contributed by atoms with E-state index in [-0.39, 0.29) is 0 Å². The molecule has 0 saturated carbocycles. The van der Waals surface area contributed by atoms with Gasteiger partial charge in [0.1, 0.15) is 0 Å². The molecule has 0 bridgehead atoms. The van der Waals surface area contributed by atoms with Gasteiger partial charge in [0.05, 0.1) is 18.7 Å². The van der Waals surface area contributed by atoms with Crippen LogP contribution in [0.25, 0.3) is 0 Å². The summed E-state index contributed by atoms with van der Waals surface area (Å²) in [5.74, 6) is 0.839. The first kappa shape index (κ1) is 13.2. The van der Waals surface area contributed by atoms with Gasteiger partial charge in [0.2, 0.25) is 0 Å². The zero-order valence-electron chi connectivity index (χ0n) is 11.6. The van der Waals surface area contributed by atoms with Crippen molar-refractivity contribution in [1.82, 2.24) is 25.1 Å². The highest BCUT2D eigenvalue weighted by atomic mass is 16.3. The van der Waals surface area contributed by atoms with Gasteiger partial charge in [-0.3, -0.25) is 4.90 Å². The molecule has 1 atom stereocenters. The number of likely N-dealkylation sites (tertiary alicyclic amines) is 1. The van der Waals surface area contributed by atoms with Crippen LogP contribution in [0.15, 0.2) is 30.3 Å². The average molecular weight is 273 g/mol. The van der Waals surface area contributed by atoms with Gasteiger partial charge in [-0.1, -0.05) is 30.3 Å². The van der Waals surface area contributed by atoms with Gasteiger partial charge >= 0.3 is 0 Å². The van der Waals surface area contributed by atoms with E-state index in [1.54, 1.807) is 0 Å². The summed E-state index contributed by atoms with van der Waals surface area (Å²) in [6, 6.07) is 10.1. The molecule has 0 spiro atoms. The lowest BCUT2D eigenvalue weighted by Gasteiger charge is -2.18. The monoisotopic (exact) mass is 273 g/mol. The first-order valence-electron chi connectivity index (χ1n) is 6.86. The second kappa shape index (κ2) is 5.30. The van der Waals surface area contributed by atoms with Crippen molar-refractivity contribution in [3.8, 4) is 0 Å². The number of hydrogen-bond acceptors (Lipinski definition) is 5. The molecule has 2 aromatic rings. The largest absolute Gasteiger partial charge is 0.389 e. The molecule has 1 unspecified atom stereocenters. The summed E-state index contributed by atoms with van der Waals surface area (Å²) in [5.41, 5.74) is 0.590. The number of hydrogen-bond donors (Lipinski definition) is 1. The number of β-amino-alcohol motifs (C(OH)–C–C–N with tert-alkyl or cyclic N) is 1. The van der Waals surface area contributed by atoms with Gasteiger partial charge in [-0.25, -0.2) is 4.68 Å². The maximum atomic E-state index is 10.00. The maximum absolute atomic E-state index is 10.00. The van der Waals surface area contributed by atoms with Crippen LogP contribution in [0.2, 0.25) is 0 Å². The van der Waals surface area contributed by atoms with Crippen molar-refractivity contribution in [1.29, 1.82) is 0 Å². The highest BCUT2D eigenvalue weighted by Gasteiger charge is 2.31. The van der Waals surface area contributed by atoms with Crippen LogP contribution in [0.1, 0.15) is 24.7 Å². The number of aromatic nitrogens is 4. The van der Waals surface area contributed by atoms with Crippen LogP contribution in [-0.2, 0) is 13.1 Å². The van der Waals surface area contributed by atoms with E-state index >= 15 is 0 Å². The SMILES string of the molecule is CC1(O)CCN(Cc2nnnn2Cc2ccccc2)C1. The molecule has 1 aliphatic heterocycles. The van der Waals surface area contributed by atoms with Crippen LogP contribution in [0, 0.1) is 0 Å². The van der Waals surface area contributed by atoms with E-state index in [1.807, 2.05) is 29.8 Å². The van der Waals surface area contributed by atoms with Gasteiger partial charge < -0.3 is 5.11 Å². The van der Waals surface area contributed by atoms with Crippen molar-refractivity contribution in [3.63, 3.8) is 0 Å². The maximum Gasteiger partial charge on any atom is 0.165 e. The van der Waals surface area contributed by atoms with E-state index in [2.05, 4.69) is 32.6 Å². The number of nitrogens with zero attached hydrogens (tertiary/aromatic N) is 5. The molecular formula is C14H19N5O. The fourth-order valence-corrected chi connectivity index (χ4v) is 2.59. The fraction of sp³-hybridized carbons (Fsp3) is 0.500. The lowest BCUT2D eigenvalue weighted by Crippen LogP contribution is -2.30. The lowest BCUT2D eigenvalue weighted by molar-refractivity contribution is 0.0674. The van der Waals surface area contributed by atoms with Gasteiger partial charge in [0.15, 0.2) is 5.82 Å². The second-order valence-electron chi connectivity index (χ2n) is 5.70. The normalized spacial score (nSPS) is 23.3. The van der Waals surface area contributed by atoms with Crippen LogP contribution in [-0.4, -0.2) is 48.9 Å². The van der Waals surface area contributed by atoms with Crippen LogP contribution < -0.4 is 0 Å². The van der Waals surface area contributed by atoms with E-state index < -0.39 is 5.60 Å². The third kappa shape index (κ3) is 3.02. The molecule has 0 radical (unpaired) electrons.